The molecule has 0 bridgehead atoms. The second kappa shape index (κ2) is 8.79. The van der Waals surface area contributed by atoms with E-state index in [1.54, 1.807) is 20.8 Å². The van der Waals surface area contributed by atoms with E-state index in [4.69, 9.17) is 19.3 Å². The molecule has 29 heavy (non-hydrogen) atoms. The van der Waals surface area contributed by atoms with Crippen LogP contribution >= 0.6 is 0 Å². The number of aliphatic carboxylic acids is 1. The van der Waals surface area contributed by atoms with Crippen molar-refractivity contribution in [1.29, 1.82) is 0 Å². The number of benzene rings is 1. The minimum Gasteiger partial charge on any atom is -0.488 e. The quantitative estimate of drug-likeness (QED) is 0.758. The second-order valence-electron chi connectivity index (χ2n) is 7.70. The van der Waals surface area contributed by atoms with E-state index in [2.05, 4.69) is 0 Å². The van der Waals surface area contributed by atoms with Crippen LogP contribution in [0.25, 0.3) is 0 Å². The molecule has 1 unspecified atom stereocenters. The molecule has 1 saturated heterocycles. The molecule has 7 nitrogen and oxygen atoms in total. The van der Waals surface area contributed by atoms with Gasteiger partial charge < -0.3 is 24.2 Å². The van der Waals surface area contributed by atoms with Crippen LogP contribution in [-0.4, -0.2) is 59.6 Å². The molecule has 10 heteroatoms. The molecule has 2 rings (SSSR count). The summed E-state index contributed by atoms with van der Waals surface area (Å²) in [6.45, 7) is 4.43. The number of nitrogens with zero attached hydrogens (tertiary/aromatic N) is 1. The zero-order valence-corrected chi connectivity index (χ0v) is 16.4. The maximum absolute atomic E-state index is 12.5. The number of amides is 1. The van der Waals surface area contributed by atoms with Crippen LogP contribution in [0.3, 0.4) is 0 Å². The number of halogens is 3. The Hall–Kier alpha value is -2.65. The summed E-state index contributed by atoms with van der Waals surface area (Å²) in [7, 11) is 0. The third-order valence-corrected chi connectivity index (χ3v) is 3.87. The van der Waals surface area contributed by atoms with Gasteiger partial charge in [-0.05, 0) is 26.8 Å². The van der Waals surface area contributed by atoms with Gasteiger partial charge in [0, 0.05) is 24.6 Å². The third kappa shape index (κ3) is 7.71. The molecule has 162 valence electrons. The van der Waals surface area contributed by atoms with E-state index in [1.165, 1.54) is 23.1 Å². The highest BCUT2D eigenvalue weighted by atomic mass is 19.4. The Balaban J connectivity index is 2.05. The Morgan fingerprint density at radius 2 is 1.93 bits per heavy atom. The molecule has 0 aliphatic carbocycles. The molecule has 1 aromatic rings. The summed E-state index contributed by atoms with van der Waals surface area (Å²) < 4.78 is 53.3. The van der Waals surface area contributed by atoms with E-state index in [-0.39, 0.29) is 29.7 Å². The van der Waals surface area contributed by atoms with Crippen molar-refractivity contribution < 1.29 is 42.1 Å². The predicted octanol–water partition coefficient (Wildman–Crippen LogP) is 3.64. The summed E-state index contributed by atoms with van der Waals surface area (Å²) in [4.78, 5) is 24.5. The largest absolute Gasteiger partial charge is 0.488 e. The molecular formula is C19H24F3NO6. The van der Waals surface area contributed by atoms with Gasteiger partial charge in [-0.2, -0.15) is 13.2 Å². The lowest BCUT2D eigenvalue weighted by Gasteiger charge is -2.24. The van der Waals surface area contributed by atoms with Crippen molar-refractivity contribution in [3.8, 4) is 11.5 Å². The normalized spacial score (nSPS) is 17.2. The number of carboxylic acid groups (broad SMARTS) is 1. The number of carbonyl (C=O) groups is 2. The lowest BCUT2D eigenvalue weighted by Crippen LogP contribution is -2.36. The van der Waals surface area contributed by atoms with Crippen molar-refractivity contribution >= 4 is 12.1 Å². The summed E-state index contributed by atoms with van der Waals surface area (Å²) in [6.07, 6.45) is -5.35. The van der Waals surface area contributed by atoms with Crippen LogP contribution in [0.1, 0.15) is 32.8 Å². The molecule has 1 aliphatic rings. The lowest BCUT2D eigenvalue weighted by molar-refractivity contribution is -0.153. The summed E-state index contributed by atoms with van der Waals surface area (Å²) in [5.41, 5.74) is -0.517. The summed E-state index contributed by atoms with van der Waals surface area (Å²) in [5.74, 6) is -1.17. The van der Waals surface area contributed by atoms with E-state index in [1.807, 2.05) is 0 Å². The van der Waals surface area contributed by atoms with Crippen LogP contribution in [-0.2, 0) is 16.0 Å². The van der Waals surface area contributed by atoms with E-state index in [0.717, 1.165) is 0 Å². The van der Waals surface area contributed by atoms with Gasteiger partial charge in [0.1, 0.15) is 23.2 Å². The van der Waals surface area contributed by atoms with Crippen LogP contribution < -0.4 is 9.47 Å². The van der Waals surface area contributed by atoms with Gasteiger partial charge in [-0.25, -0.2) is 4.79 Å². The van der Waals surface area contributed by atoms with Gasteiger partial charge in [-0.1, -0.05) is 6.07 Å². The Kier molecular flexibility index (Phi) is 6.86. The van der Waals surface area contributed by atoms with E-state index >= 15 is 0 Å². The zero-order valence-electron chi connectivity index (χ0n) is 16.4. The van der Waals surface area contributed by atoms with E-state index in [0.29, 0.717) is 13.0 Å². The van der Waals surface area contributed by atoms with Crippen molar-refractivity contribution in [2.45, 2.75) is 51.5 Å². The van der Waals surface area contributed by atoms with Gasteiger partial charge in [0.2, 0.25) is 0 Å². The van der Waals surface area contributed by atoms with Crippen molar-refractivity contribution in [2.75, 3.05) is 19.7 Å². The second-order valence-corrected chi connectivity index (χ2v) is 7.70. The fourth-order valence-corrected chi connectivity index (χ4v) is 2.72. The topological polar surface area (TPSA) is 85.3 Å². The molecule has 1 heterocycles. The van der Waals surface area contributed by atoms with Gasteiger partial charge in [0.25, 0.3) is 0 Å². The van der Waals surface area contributed by atoms with Gasteiger partial charge in [0.15, 0.2) is 6.61 Å². The first-order valence-corrected chi connectivity index (χ1v) is 9.01. The summed E-state index contributed by atoms with van der Waals surface area (Å²) in [5, 5.41) is 8.92. The molecule has 1 aromatic carbocycles. The molecule has 0 aromatic heterocycles. The first-order valence-electron chi connectivity index (χ1n) is 9.01. The highest BCUT2D eigenvalue weighted by Crippen LogP contribution is 2.29. The number of likely N-dealkylation sites (tertiary alicyclic amines) is 1. The highest BCUT2D eigenvalue weighted by molar-refractivity contribution is 5.71. The van der Waals surface area contributed by atoms with Crippen molar-refractivity contribution in [3.05, 3.63) is 23.8 Å². The predicted molar refractivity (Wildman–Crippen MR) is 96.2 cm³/mol. The standard InChI is InChI=1S/C19H24F3NO6/c1-18(2,3)29-17(26)23-7-6-14(10-23)28-13-5-4-12(8-16(24)25)15(9-13)27-11-19(20,21)22/h4-5,9,14H,6-8,10-11H2,1-3H3,(H,24,25). The van der Waals surface area contributed by atoms with Crippen LogP contribution in [0.2, 0.25) is 0 Å². The number of hydrogen-bond donors (Lipinski definition) is 1. The number of rotatable bonds is 6. The lowest BCUT2D eigenvalue weighted by atomic mass is 10.1. The van der Waals surface area contributed by atoms with Crippen molar-refractivity contribution in [2.24, 2.45) is 0 Å². The average Bonchev–Trinajstić information content (AvgIpc) is 3.01. The SMILES string of the molecule is CC(C)(C)OC(=O)N1CCC(Oc2ccc(CC(=O)O)c(OCC(F)(F)F)c2)C1. The van der Waals surface area contributed by atoms with Gasteiger partial charge in [0.05, 0.1) is 13.0 Å². The molecule has 1 N–H and O–H groups in total. The fourth-order valence-electron chi connectivity index (χ4n) is 2.72. The number of carboxylic acids is 1. The van der Waals surface area contributed by atoms with Crippen LogP contribution in [0.4, 0.5) is 18.0 Å². The number of hydrogen-bond acceptors (Lipinski definition) is 5. The van der Waals surface area contributed by atoms with E-state index in [9.17, 15) is 22.8 Å². The van der Waals surface area contributed by atoms with Crippen molar-refractivity contribution in [1.82, 2.24) is 4.90 Å². The average molecular weight is 419 g/mol. The zero-order chi connectivity index (χ0) is 21.8. The third-order valence-electron chi connectivity index (χ3n) is 3.87. The Labute approximate surface area is 166 Å². The first-order chi connectivity index (χ1) is 13.3. The molecule has 0 saturated carbocycles. The molecule has 1 aliphatic heterocycles. The molecule has 1 atom stereocenters. The maximum Gasteiger partial charge on any atom is 0.422 e. The molecular weight excluding hydrogens is 395 g/mol. The fraction of sp³-hybridized carbons (Fsp3) is 0.579. The number of alkyl halides is 3. The Morgan fingerprint density at radius 1 is 1.24 bits per heavy atom. The Bertz CT molecular complexity index is 744. The monoisotopic (exact) mass is 419 g/mol. The van der Waals surface area contributed by atoms with Crippen LogP contribution in [0.5, 0.6) is 11.5 Å². The molecule has 1 fully saturated rings. The molecule has 0 spiro atoms. The van der Waals surface area contributed by atoms with Gasteiger partial charge in [-0.15, -0.1) is 0 Å². The van der Waals surface area contributed by atoms with Gasteiger partial charge in [-0.3, -0.25) is 4.79 Å². The summed E-state index contributed by atoms with van der Waals surface area (Å²) >= 11 is 0. The maximum atomic E-state index is 12.5. The first kappa shape index (κ1) is 22.6. The van der Waals surface area contributed by atoms with E-state index < -0.39 is 36.9 Å². The van der Waals surface area contributed by atoms with Crippen LogP contribution in [0.15, 0.2) is 18.2 Å². The van der Waals surface area contributed by atoms with Crippen LogP contribution in [0, 0.1) is 0 Å². The number of ether oxygens (including phenoxy) is 3. The van der Waals surface area contributed by atoms with Crippen molar-refractivity contribution in [3.63, 3.8) is 0 Å². The smallest absolute Gasteiger partial charge is 0.422 e. The number of carbonyl (C=O) groups excluding carboxylic acids is 1. The highest BCUT2D eigenvalue weighted by Gasteiger charge is 2.32. The summed E-state index contributed by atoms with van der Waals surface area (Å²) in [6, 6.07) is 4.06. The molecule has 0 radical (unpaired) electrons. The van der Waals surface area contributed by atoms with Gasteiger partial charge >= 0.3 is 18.2 Å². The Morgan fingerprint density at radius 3 is 2.52 bits per heavy atom. The minimum atomic E-state index is -4.56. The minimum absolute atomic E-state index is 0.107. The molecule has 1 amide bonds.